The lowest BCUT2D eigenvalue weighted by Gasteiger charge is -2.65. The molecule has 5 atom stereocenters. The zero-order valence-electron chi connectivity index (χ0n) is 26.9. The second kappa shape index (κ2) is 11.7. The number of carbonyl (C=O) groups excluding carboxylic acids is 3. The summed E-state index contributed by atoms with van der Waals surface area (Å²) in [5.41, 5.74) is 2.26. The average Bonchev–Trinajstić information content (AvgIpc) is 3.32. The molecule has 0 N–H and O–H groups in total. The van der Waals surface area contributed by atoms with Gasteiger partial charge in [0.1, 0.15) is 11.7 Å². The summed E-state index contributed by atoms with van der Waals surface area (Å²) in [4.78, 5) is 43.5. The molecule has 2 bridgehead atoms. The number of piperidine rings is 1. The van der Waals surface area contributed by atoms with Gasteiger partial charge in [-0.05, 0) is 67.9 Å². The van der Waals surface area contributed by atoms with E-state index in [1.165, 1.54) is 13.8 Å². The number of hydrogen-bond acceptors (Lipinski definition) is 7. The van der Waals surface area contributed by atoms with Crippen molar-refractivity contribution in [2.45, 2.75) is 89.5 Å². The molecule has 1 saturated carbocycles. The maximum absolute atomic E-state index is 14.1. The van der Waals surface area contributed by atoms with E-state index in [1.54, 1.807) is 6.07 Å². The molecule has 236 valence electrons. The minimum Gasteiger partial charge on any atom is -0.483 e. The van der Waals surface area contributed by atoms with Crippen LogP contribution in [0.5, 0.6) is 11.5 Å². The molecule has 4 aliphatic rings. The smallest absolute Gasteiger partial charge is 0.308 e. The fraction of sp³-hybridized carbons (Fsp3) is 0.486. The van der Waals surface area contributed by atoms with Gasteiger partial charge in [0.25, 0.3) is 5.91 Å². The topological polar surface area (TPSA) is 85.4 Å². The van der Waals surface area contributed by atoms with E-state index in [-0.39, 0.29) is 29.9 Å². The lowest BCUT2D eigenvalue weighted by molar-refractivity contribution is -0.223. The Labute approximate surface area is 265 Å². The first-order valence-corrected chi connectivity index (χ1v) is 16.0. The standard InChI is InChI=1S/C37H42N2O6/c1-7-18-38-19-17-36-33-28-12-13-30(43-25(5)40)34(33)44-35(36)29(15-16-37(36,31(38)21-28)45-26(6)41)39(22-23(2)3)32(42)14-11-27-10-8-9-24(4)20-27/h7-10,12-13,20,23,29,31,35H,1,15-19,21-22H2,2-6H3/t29-,31+,35-,36-,37+/m0/s1. The van der Waals surface area contributed by atoms with Crippen LogP contribution in [0.4, 0.5) is 0 Å². The number of ether oxygens (including phenoxy) is 3. The second-order valence-corrected chi connectivity index (χ2v) is 13.3. The highest BCUT2D eigenvalue weighted by Crippen LogP contribution is 2.67. The van der Waals surface area contributed by atoms with Gasteiger partial charge in [-0.25, -0.2) is 0 Å². The molecule has 1 spiro atoms. The van der Waals surface area contributed by atoms with Crippen LogP contribution in [0.2, 0.25) is 0 Å². The molecule has 6 rings (SSSR count). The Kier molecular flexibility index (Phi) is 8.03. The van der Waals surface area contributed by atoms with Crippen molar-refractivity contribution in [1.82, 2.24) is 9.80 Å². The zero-order chi connectivity index (χ0) is 32.1. The Balaban J connectivity index is 1.51. The zero-order valence-corrected chi connectivity index (χ0v) is 26.9. The Bertz CT molecular complexity index is 1620. The van der Waals surface area contributed by atoms with Crippen molar-refractivity contribution in [3.05, 3.63) is 71.3 Å². The summed E-state index contributed by atoms with van der Waals surface area (Å²) in [6.07, 6.45) is 3.78. The monoisotopic (exact) mass is 610 g/mol. The van der Waals surface area contributed by atoms with E-state index in [2.05, 4.69) is 37.2 Å². The number of nitrogens with zero attached hydrogens (tertiary/aromatic N) is 2. The van der Waals surface area contributed by atoms with Gasteiger partial charge < -0.3 is 19.1 Å². The minimum absolute atomic E-state index is 0.103. The second-order valence-electron chi connectivity index (χ2n) is 13.3. The molecule has 2 aliphatic carbocycles. The fourth-order valence-electron chi connectivity index (χ4n) is 8.65. The van der Waals surface area contributed by atoms with E-state index < -0.39 is 23.1 Å². The number of likely N-dealkylation sites (tertiary alicyclic amines) is 1. The third kappa shape index (κ3) is 5.02. The molecule has 1 amide bonds. The summed E-state index contributed by atoms with van der Waals surface area (Å²) in [6, 6.07) is 11.2. The third-order valence-corrected chi connectivity index (χ3v) is 9.98. The molecule has 1 saturated heterocycles. The molecule has 8 nitrogen and oxygen atoms in total. The van der Waals surface area contributed by atoms with Crippen molar-refractivity contribution in [3.63, 3.8) is 0 Å². The Morgan fingerprint density at radius 1 is 1.18 bits per heavy atom. The largest absolute Gasteiger partial charge is 0.483 e. The number of aryl methyl sites for hydroxylation is 1. The molecule has 0 radical (unpaired) electrons. The predicted molar refractivity (Wildman–Crippen MR) is 170 cm³/mol. The van der Waals surface area contributed by atoms with E-state index in [9.17, 15) is 14.4 Å². The fourth-order valence-corrected chi connectivity index (χ4v) is 8.65. The molecule has 0 unspecified atom stereocenters. The van der Waals surface area contributed by atoms with Crippen molar-refractivity contribution >= 4 is 17.8 Å². The maximum atomic E-state index is 14.1. The summed E-state index contributed by atoms with van der Waals surface area (Å²) >= 11 is 0. The first-order valence-electron chi connectivity index (χ1n) is 16.0. The Morgan fingerprint density at radius 2 is 1.98 bits per heavy atom. The van der Waals surface area contributed by atoms with Crippen LogP contribution in [0.15, 0.2) is 49.1 Å². The number of esters is 2. The Morgan fingerprint density at radius 3 is 2.67 bits per heavy atom. The van der Waals surface area contributed by atoms with Crippen molar-refractivity contribution in [2.24, 2.45) is 5.92 Å². The average molecular weight is 611 g/mol. The number of benzene rings is 2. The molecular formula is C37H42N2O6. The van der Waals surface area contributed by atoms with Gasteiger partial charge in [0.05, 0.1) is 17.5 Å². The van der Waals surface area contributed by atoms with Crippen LogP contribution in [0.25, 0.3) is 0 Å². The van der Waals surface area contributed by atoms with Gasteiger partial charge in [0.15, 0.2) is 11.5 Å². The number of amides is 1. The number of hydrogen-bond donors (Lipinski definition) is 0. The van der Waals surface area contributed by atoms with Crippen LogP contribution < -0.4 is 9.47 Å². The molecule has 0 aromatic heterocycles. The van der Waals surface area contributed by atoms with Crippen LogP contribution in [-0.4, -0.2) is 71.1 Å². The first kappa shape index (κ1) is 30.9. The van der Waals surface area contributed by atoms with Gasteiger partial charge in [-0.3, -0.25) is 19.3 Å². The summed E-state index contributed by atoms with van der Waals surface area (Å²) in [5, 5.41) is 0. The van der Waals surface area contributed by atoms with Crippen LogP contribution in [0.1, 0.15) is 69.2 Å². The van der Waals surface area contributed by atoms with E-state index >= 15 is 0 Å². The van der Waals surface area contributed by atoms with Crippen LogP contribution in [-0.2, 0) is 31.0 Å². The first-order chi connectivity index (χ1) is 21.5. The normalized spacial score (nSPS) is 27.4. The van der Waals surface area contributed by atoms with Crippen LogP contribution >= 0.6 is 0 Å². The lowest BCUT2D eigenvalue weighted by atomic mass is 9.48. The summed E-state index contributed by atoms with van der Waals surface area (Å²) in [6.45, 7) is 14.9. The van der Waals surface area contributed by atoms with Gasteiger partial charge in [-0.1, -0.05) is 44.0 Å². The molecular weight excluding hydrogens is 568 g/mol. The van der Waals surface area contributed by atoms with Gasteiger partial charge in [-0.15, -0.1) is 6.58 Å². The molecule has 2 fully saturated rings. The molecule has 45 heavy (non-hydrogen) atoms. The van der Waals surface area contributed by atoms with Gasteiger partial charge >= 0.3 is 11.9 Å². The SMILES string of the molecule is C=CCN1CC[C@]23c4c5ccc(OC(C)=O)c4O[C@H]2[C@@H](N(CC(C)C)C(=O)C#Cc2cccc(C)c2)CC[C@@]3(OC(C)=O)[C@H]1C5. The highest BCUT2D eigenvalue weighted by Gasteiger charge is 2.75. The van der Waals surface area contributed by atoms with Gasteiger partial charge in [-0.2, -0.15) is 0 Å². The predicted octanol–water partition coefficient (Wildman–Crippen LogP) is 4.74. The van der Waals surface area contributed by atoms with E-state index in [4.69, 9.17) is 14.2 Å². The number of carbonyl (C=O) groups is 3. The highest BCUT2D eigenvalue weighted by molar-refractivity contribution is 5.94. The van der Waals surface area contributed by atoms with Crippen LogP contribution in [0, 0.1) is 24.7 Å². The molecule has 8 heteroatoms. The third-order valence-electron chi connectivity index (χ3n) is 9.98. The molecule has 2 aromatic carbocycles. The highest BCUT2D eigenvalue weighted by atomic mass is 16.6. The van der Waals surface area contributed by atoms with Crippen molar-refractivity contribution in [1.29, 1.82) is 0 Å². The van der Waals surface area contributed by atoms with E-state index in [0.717, 1.165) is 28.8 Å². The number of rotatable bonds is 7. The van der Waals surface area contributed by atoms with Crippen LogP contribution in [0.3, 0.4) is 0 Å². The van der Waals surface area contributed by atoms with E-state index in [1.807, 2.05) is 48.2 Å². The molecule has 2 heterocycles. The molecule has 2 aromatic rings. The molecule has 2 aliphatic heterocycles. The minimum atomic E-state index is -0.895. The van der Waals surface area contributed by atoms with Gasteiger partial charge in [0.2, 0.25) is 0 Å². The Hall–Kier alpha value is -4.09. The maximum Gasteiger partial charge on any atom is 0.308 e. The van der Waals surface area contributed by atoms with Crippen molar-refractivity contribution < 1.29 is 28.6 Å². The van der Waals surface area contributed by atoms with Crippen molar-refractivity contribution in [2.75, 3.05) is 19.6 Å². The van der Waals surface area contributed by atoms with Crippen molar-refractivity contribution in [3.8, 4) is 23.3 Å². The lowest BCUT2D eigenvalue weighted by Crippen LogP contribution is -2.79. The summed E-state index contributed by atoms with van der Waals surface area (Å²) in [7, 11) is 0. The summed E-state index contributed by atoms with van der Waals surface area (Å²) < 4.78 is 19.2. The van der Waals surface area contributed by atoms with Gasteiger partial charge in [0, 0.05) is 50.5 Å². The summed E-state index contributed by atoms with van der Waals surface area (Å²) in [5.74, 6) is 6.02. The van der Waals surface area contributed by atoms with E-state index in [0.29, 0.717) is 50.3 Å². The quantitative estimate of drug-likeness (QED) is 0.194.